The molecule has 1 aromatic carbocycles. The fourth-order valence-corrected chi connectivity index (χ4v) is 2.58. The molecule has 0 aromatic heterocycles. The van der Waals surface area contributed by atoms with Gasteiger partial charge in [0, 0.05) is 17.0 Å². The van der Waals surface area contributed by atoms with Crippen LogP contribution in [-0.2, 0) is 0 Å². The van der Waals surface area contributed by atoms with E-state index in [2.05, 4.69) is 13.8 Å². The Morgan fingerprint density at radius 1 is 1.31 bits per heavy atom. The smallest absolute Gasteiger partial charge is 0.0900 e. The molecule has 3 heteroatoms. The summed E-state index contributed by atoms with van der Waals surface area (Å²) in [6.45, 7) is 4.42. The van der Waals surface area contributed by atoms with Crippen molar-refractivity contribution in [2.24, 2.45) is 5.92 Å². The second-order valence-corrected chi connectivity index (χ2v) is 5.27. The van der Waals surface area contributed by atoms with Crippen LogP contribution >= 0.6 is 11.8 Å². The average molecular weight is 239 g/mol. The first kappa shape index (κ1) is 13.4. The Labute approximate surface area is 102 Å². The molecule has 1 aromatic rings. The number of nitrogen functional groups attached to an aromatic ring is 1. The molecule has 90 valence electrons. The third-order valence-electron chi connectivity index (χ3n) is 2.73. The van der Waals surface area contributed by atoms with Gasteiger partial charge < -0.3 is 10.8 Å². The molecule has 0 aliphatic heterocycles. The minimum absolute atomic E-state index is 0.449. The molecule has 2 unspecified atom stereocenters. The highest BCUT2D eigenvalue weighted by atomic mass is 32.2. The molecule has 2 nitrogen and oxygen atoms in total. The molecule has 0 bridgehead atoms. The predicted molar refractivity (Wildman–Crippen MR) is 72.6 cm³/mol. The molecule has 3 N–H and O–H groups in total. The van der Waals surface area contributed by atoms with Crippen LogP contribution in [0, 0.1) is 5.92 Å². The Morgan fingerprint density at radius 3 is 2.62 bits per heavy atom. The van der Waals surface area contributed by atoms with Crippen molar-refractivity contribution in [1.29, 1.82) is 0 Å². The van der Waals surface area contributed by atoms with Gasteiger partial charge in [-0.1, -0.05) is 38.5 Å². The Bertz CT molecular complexity index is 317. The van der Waals surface area contributed by atoms with Gasteiger partial charge in [0.25, 0.3) is 0 Å². The second kappa shape index (κ2) is 6.81. The molecule has 0 spiro atoms. The summed E-state index contributed by atoms with van der Waals surface area (Å²) in [5.74, 6) is 2.53. The van der Waals surface area contributed by atoms with Gasteiger partial charge in [0.05, 0.1) is 6.10 Å². The lowest BCUT2D eigenvalue weighted by atomic mass is 10.1. The summed E-state index contributed by atoms with van der Waals surface area (Å²) in [6.07, 6.45) is 0.742. The summed E-state index contributed by atoms with van der Waals surface area (Å²) in [7, 11) is 0. The first-order valence-corrected chi connectivity index (χ1v) is 6.90. The van der Waals surface area contributed by atoms with E-state index in [-0.39, 0.29) is 0 Å². The van der Waals surface area contributed by atoms with E-state index in [0.717, 1.165) is 17.1 Å². The molecule has 0 aliphatic rings. The molecule has 0 heterocycles. The summed E-state index contributed by atoms with van der Waals surface area (Å²) in [5, 5.41) is 9.99. The summed E-state index contributed by atoms with van der Waals surface area (Å²) in [6, 6.07) is 7.52. The van der Waals surface area contributed by atoms with Crippen LogP contribution in [0.4, 0.5) is 5.69 Å². The zero-order valence-electron chi connectivity index (χ0n) is 10.0. The number of thioether (sulfide) groups is 1. The van der Waals surface area contributed by atoms with Crippen LogP contribution < -0.4 is 5.73 Å². The summed E-state index contributed by atoms with van der Waals surface area (Å²) < 4.78 is 0. The van der Waals surface area contributed by atoms with Crippen molar-refractivity contribution in [3.8, 4) is 0 Å². The molecule has 2 atom stereocenters. The van der Waals surface area contributed by atoms with Crippen LogP contribution in [0.25, 0.3) is 0 Å². The number of nitrogens with two attached hydrogens (primary N) is 1. The van der Waals surface area contributed by atoms with Gasteiger partial charge >= 0.3 is 0 Å². The van der Waals surface area contributed by atoms with E-state index in [1.165, 1.54) is 6.42 Å². The minimum Gasteiger partial charge on any atom is -0.398 e. The fraction of sp³-hybridized carbons (Fsp3) is 0.538. The molecule has 0 saturated heterocycles. The van der Waals surface area contributed by atoms with Crippen LogP contribution in [0.2, 0.25) is 0 Å². The molecular weight excluding hydrogens is 218 g/mol. The maximum Gasteiger partial charge on any atom is 0.0900 e. The van der Waals surface area contributed by atoms with Crippen molar-refractivity contribution in [1.82, 2.24) is 0 Å². The van der Waals surface area contributed by atoms with Crippen molar-refractivity contribution in [2.45, 2.75) is 26.4 Å². The number of para-hydroxylation sites is 1. The Morgan fingerprint density at radius 2 is 2.00 bits per heavy atom. The van der Waals surface area contributed by atoms with Crippen LogP contribution in [-0.4, -0.2) is 16.6 Å². The molecule has 0 aliphatic carbocycles. The second-order valence-electron chi connectivity index (χ2n) is 4.20. The van der Waals surface area contributed by atoms with Gasteiger partial charge in [0.2, 0.25) is 0 Å². The highest BCUT2D eigenvalue weighted by Crippen LogP contribution is 2.24. The number of anilines is 1. The predicted octanol–water partition coefficient (Wildman–Crippen LogP) is 3.08. The fourth-order valence-electron chi connectivity index (χ4n) is 1.40. The third-order valence-corrected chi connectivity index (χ3v) is 4.09. The summed E-state index contributed by atoms with van der Waals surface area (Å²) >= 11 is 1.79. The molecule has 0 fully saturated rings. The first-order chi connectivity index (χ1) is 7.65. The maximum atomic E-state index is 9.99. The largest absolute Gasteiger partial charge is 0.398 e. The lowest BCUT2D eigenvalue weighted by Gasteiger charge is -2.14. The molecule has 0 saturated carbocycles. The van der Waals surface area contributed by atoms with Crippen molar-refractivity contribution >= 4 is 17.4 Å². The summed E-state index contributed by atoms with van der Waals surface area (Å²) in [5.41, 5.74) is 7.34. The van der Waals surface area contributed by atoms with E-state index in [0.29, 0.717) is 11.6 Å². The molecule has 0 amide bonds. The highest BCUT2D eigenvalue weighted by molar-refractivity contribution is 7.99. The van der Waals surface area contributed by atoms with E-state index in [1.54, 1.807) is 11.8 Å². The van der Waals surface area contributed by atoms with Crippen molar-refractivity contribution in [3.63, 3.8) is 0 Å². The van der Waals surface area contributed by atoms with Gasteiger partial charge in [-0.25, -0.2) is 0 Å². The van der Waals surface area contributed by atoms with Crippen LogP contribution in [0.3, 0.4) is 0 Å². The zero-order valence-corrected chi connectivity index (χ0v) is 10.8. The first-order valence-electron chi connectivity index (χ1n) is 5.75. The number of rotatable bonds is 6. The van der Waals surface area contributed by atoms with Crippen LogP contribution in [0.15, 0.2) is 24.3 Å². The standard InChI is InChI=1S/C13H21NOS/c1-3-10(2)8-16-9-13(15)11-6-4-5-7-12(11)14/h4-7,10,13,15H,3,8-9,14H2,1-2H3. The van der Waals surface area contributed by atoms with Gasteiger partial charge in [-0.3, -0.25) is 0 Å². The average Bonchev–Trinajstić information content (AvgIpc) is 2.29. The van der Waals surface area contributed by atoms with Gasteiger partial charge in [-0.15, -0.1) is 0 Å². The number of hydrogen-bond donors (Lipinski definition) is 2. The highest BCUT2D eigenvalue weighted by Gasteiger charge is 2.10. The number of benzene rings is 1. The Kier molecular flexibility index (Phi) is 5.71. The van der Waals surface area contributed by atoms with Gasteiger partial charge in [-0.05, 0) is 17.7 Å². The van der Waals surface area contributed by atoms with E-state index in [9.17, 15) is 5.11 Å². The van der Waals surface area contributed by atoms with E-state index in [1.807, 2.05) is 24.3 Å². The number of aliphatic hydroxyl groups excluding tert-OH is 1. The van der Waals surface area contributed by atoms with Crippen LogP contribution in [0.5, 0.6) is 0 Å². The van der Waals surface area contributed by atoms with Gasteiger partial charge in [-0.2, -0.15) is 11.8 Å². The van der Waals surface area contributed by atoms with E-state index >= 15 is 0 Å². The minimum atomic E-state index is -0.449. The lowest BCUT2D eigenvalue weighted by molar-refractivity contribution is 0.205. The Hall–Kier alpha value is -0.670. The van der Waals surface area contributed by atoms with Crippen molar-refractivity contribution in [2.75, 3.05) is 17.2 Å². The summed E-state index contributed by atoms with van der Waals surface area (Å²) in [4.78, 5) is 0. The number of aliphatic hydroxyl groups is 1. The van der Waals surface area contributed by atoms with Gasteiger partial charge in [0.15, 0.2) is 0 Å². The maximum absolute atomic E-state index is 9.99. The third kappa shape index (κ3) is 4.06. The van der Waals surface area contributed by atoms with E-state index < -0.39 is 6.10 Å². The van der Waals surface area contributed by atoms with E-state index in [4.69, 9.17) is 5.73 Å². The molecule has 1 rings (SSSR count). The molecular formula is C13H21NOS. The SMILES string of the molecule is CCC(C)CSCC(O)c1ccccc1N. The van der Waals surface area contributed by atoms with Crippen molar-refractivity contribution < 1.29 is 5.11 Å². The normalized spacial score (nSPS) is 14.7. The Balaban J connectivity index is 2.41. The monoisotopic (exact) mass is 239 g/mol. The van der Waals surface area contributed by atoms with Crippen molar-refractivity contribution in [3.05, 3.63) is 29.8 Å². The molecule has 0 radical (unpaired) electrons. The zero-order chi connectivity index (χ0) is 12.0. The van der Waals surface area contributed by atoms with Crippen LogP contribution in [0.1, 0.15) is 31.9 Å². The number of hydrogen-bond acceptors (Lipinski definition) is 3. The van der Waals surface area contributed by atoms with Gasteiger partial charge in [0.1, 0.15) is 0 Å². The molecule has 16 heavy (non-hydrogen) atoms. The lowest BCUT2D eigenvalue weighted by Crippen LogP contribution is -2.06. The quantitative estimate of drug-likeness (QED) is 0.750. The topological polar surface area (TPSA) is 46.2 Å².